The van der Waals surface area contributed by atoms with Crippen LogP contribution in [0, 0.1) is 0 Å². The summed E-state index contributed by atoms with van der Waals surface area (Å²) in [5.74, 6) is 0. The molecule has 0 fully saturated rings. The van der Waals surface area contributed by atoms with E-state index in [0.29, 0.717) is 0 Å². The molecule has 0 bridgehead atoms. The van der Waals surface area contributed by atoms with E-state index in [1.54, 1.807) is 18.8 Å². The summed E-state index contributed by atoms with van der Waals surface area (Å²) in [6.45, 7) is 25.4. The van der Waals surface area contributed by atoms with E-state index >= 15 is 0 Å². The molecule has 28 heavy (non-hydrogen) atoms. The molecule has 0 N–H and O–H groups in total. The molecule has 3 rings (SSSR count). The van der Waals surface area contributed by atoms with Crippen molar-refractivity contribution < 1.29 is 0 Å². The van der Waals surface area contributed by atoms with Crippen molar-refractivity contribution in [3.05, 3.63) is 12.1 Å². The molecule has 0 radical (unpaired) electrons. The maximum Gasteiger partial charge on any atom is 0.0904 e. The molecule has 0 spiro atoms. The average Bonchev–Trinajstić information content (AvgIpc) is 3.24. The van der Waals surface area contributed by atoms with Crippen molar-refractivity contribution in [3.63, 3.8) is 0 Å². The molecule has 2 aromatic rings. The zero-order valence-electron chi connectivity index (χ0n) is 19.8. The molecular weight excluding hydrogens is 441 g/mol. The lowest BCUT2D eigenvalue weighted by atomic mass is 10.4. The fourth-order valence-electron chi connectivity index (χ4n) is 5.70. The van der Waals surface area contributed by atoms with Crippen molar-refractivity contribution in [3.8, 4) is 9.75 Å². The standard InChI is InChI=1S/C22H40S2Si4/c1-11-27(12-2)17-15-19(25(5,6)7)23-21(17)22-18(28(27,13-3)14-4)16-20(24-22)26(8,9)10/h15-16H,11-14H2,1-10H3. The van der Waals surface area contributed by atoms with Crippen molar-refractivity contribution in [2.45, 2.75) is 91.2 Å². The first-order chi connectivity index (χ1) is 12.9. The summed E-state index contributed by atoms with van der Waals surface area (Å²) in [5.41, 5.74) is 0. The van der Waals surface area contributed by atoms with Gasteiger partial charge in [-0.05, 0) is 19.4 Å². The highest BCUT2D eigenvalue weighted by Gasteiger charge is 2.58. The Labute approximate surface area is 185 Å². The minimum Gasteiger partial charge on any atom is -0.144 e. The molecule has 0 aromatic carbocycles. The predicted octanol–water partition coefficient (Wildman–Crippen LogP) is 6.05. The highest BCUT2D eigenvalue weighted by molar-refractivity contribution is 7.55. The Bertz CT molecular complexity index is 784. The summed E-state index contributed by atoms with van der Waals surface area (Å²) in [7, 11) is -5.55. The highest BCUT2D eigenvalue weighted by Crippen LogP contribution is 2.44. The second kappa shape index (κ2) is 7.45. The van der Waals surface area contributed by atoms with Crippen LogP contribution < -0.4 is 19.4 Å². The molecule has 156 valence electrons. The van der Waals surface area contributed by atoms with Gasteiger partial charge >= 0.3 is 0 Å². The quantitative estimate of drug-likeness (QED) is 0.441. The molecule has 6 heteroatoms. The normalized spacial score (nSPS) is 18.1. The Kier molecular flexibility index (Phi) is 6.10. The number of fused-ring (bicyclic) bond motifs is 3. The second-order valence-corrected chi connectivity index (χ2v) is 37.7. The van der Waals surface area contributed by atoms with Crippen LogP contribution in [0.1, 0.15) is 27.7 Å². The smallest absolute Gasteiger partial charge is 0.0904 e. The second-order valence-electron chi connectivity index (χ2n) is 10.8. The first-order valence-corrected chi connectivity index (χ1v) is 25.7. The summed E-state index contributed by atoms with van der Waals surface area (Å²) in [6, 6.07) is 11.3. The molecule has 0 aliphatic carbocycles. The minimum atomic E-state index is -1.49. The van der Waals surface area contributed by atoms with Gasteiger partial charge in [-0.1, -0.05) is 103 Å². The van der Waals surface area contributed by atoms with Gasteiger partial charge in [0.25, 0.3) is 0 Å². The Balaban J connectivity index is 2.45. The van der Waals surface area contributed by atoms with Crippen LogP contribution in [0.3, 0.4) is 0 Å². The summed E-state index contributed by atoms with van der Waals surface area (Å²) in [6.07, 6.45) is 0. The highest BCUT2D eigenvalue weighted by atomic mass is 32.1. The fourth-order valence-corrected chi connectivity index (χ4v) is 35.0. The van der Waals surface area contributed by atoms with Crippen LogP contribution in [-0.2, 0) is 0 Å². The van der Waals surface area contributed by atoms with E-state index in [1.165, 1.54) is 24.2 Å². The average molecular weight is 481 g/mol. The molecule has 0 atom stereocenters. The summed E-state index contributed by atoms with van der Waals surface area (Å²) in [4.78, 5) is 3.48. The van der Waals surface area contributed by atoms with E-state index < -0.39 is 31.3 Å². The van der Waals surface area contributed by atoms with Crippen molar-refractivity contribution in [1.29, 1.82) is 0 Å². The molecule has 0 saturated heterocycles. The Morgan fingerprint density at radius 2 is 0.893 bits per heavy atom. The van der Waals surface area contributed by atoms with Crippen LogP contribution in [0.4, 0.5) is 0 Å². The zero-order valence-corrected chi connectivity index (χ0v) is 25.4. The summed E-state index contributed by atoms with van der Waals surface area (Å²) >= 11 is 4.42. The van der Waals surface area contributed by atoms with Crippen molar-refractivity contribution in [1.82, 2.24) is 0 Å². The van der Waals surface area contributed by atoms with Gasteiger partial charge in [0.15, 0.2) is 0 Å². The number of hydrogen-bond acceptors (Lipinski definition) is 2. The molecule has 0 saturated carbocycles. The van der Waals surface area contributed by atoms with Gasteiger partial charge < -0.3 is 0 Å². The third kappa shape index (κ3) is 3.12. The Hall–Kier alpha value is 0.268. The van der Waals surface area contributed by atoms with Gasteiger partial charge in [-0.2, -0.15) is 0 Å². The predicted molar refractivity (Wildman–Crippen MR) is 146 cm³/mol. The molecule has 0 nitrogen and oxygen atoms in total. The van der Waals surface area contributed by atoms with Gasteiger partial charge in [0.1, 0.15) is 0 Å². The Morgan fingerprint density at radius 1 is 0.607 bits per heavy atom. The van der Waals surface area contributed by atoms with E-state index in [0.717, 1.165) is 0 Å². The van der Waals surface area contributed by atoms with Crippen molar-refractivity contribution >= 4 is 73.4 Å². The van der Waals surface area contributed by atoms with E-state index in [2.05, 4.69) is 102 Å². The minimum absolute atomic E-state index is 1.29. The van der Waals surface area contributed by atoms with Gasteiger partial charge in [0.2, 0.25) is 0 Å². The zero-order chi connectivity index (χ0) is 21.1. The van der Waals surface area contributed by atoms with Crippen LogP contribution in [-0.4, -0.2) is 31.3 Å². The molecule has 0 amide bonds. The summed E-state index contributed by atoms with van der Waals surface area (Å²) < 4.78 is 3.50. The fraction of sp³-hybridized carbons (Fsp3) is 0.636. The number of thiophene rings is 2. The van der Waals surface area contributed by atoms with E-state index in [4.69, 9.17) is 0 Å². The van der Waals surface area contributed by atoms with Crippen LogP contribution >= 0.6 is 22.7 Å². The molecule has 2 aromatic heterocycles. The largest absolute Gasteiger partial charge is 0.144 e. The maximum absolute atomic E-state index is 2.77. The lowest BCUT2D eigenvalue weighted by Gasteiger charge is -2.50. The third-order valence-electron chi connectivity index (χ3n) is 7.51. The van der Waals surface area contributed by atoms with Crippen LogP contribution in [0.15, 0.2) is 12.1 Å². The Morgan fingerprint density at radius 3 is 1.11 bits per heavy atom. The summed E-state index contributed by atoms with van der Waals surface area (Å²) in [5, 5.41) is 3.82. The van der Waals surface area contributed by atoms with Gasteiger partial charge in [-0.3, -0.25) is 0 Å². The van der Waals surface area contributed by atoms with Crippen molar-refractivity contribution in [2.24, 2.45) is 0 Å². The van der Waals surface area contributed by atoms with Crippen LogP contribution in [0.2, 0.25) is 63.5 Å². The molecule has 1 aliphatic heterocycles. The molecular formula is C22H40S2Si4. The van der Waals surface area contributed by atoms with Gasteiger partial charge in [-0.25, -0.2) is 0 Å². The van der Waals surface area contributed by atoms with Crippen LogP contribution in [0.5, 0.6) is 0 Å². The monoisotopic (exact) mass is 480 g/mol. The van der Waals surface area contributed by atoms with Gasteiger partial charge in [0.05, 0.1) is 31.3 Å². The number of rotatable bonds is 6. The molecule has 1 aliphatic rings. The lowest BCUT2D eigenvalue weighted by molar-refractivity contribution is 1.24. The first kappa shape index (κ1) is 22.9. The maximum atomic E-state index is 2.77. The first-order valence-electron chi connectivity index (χ1n) is 11.2. The van der Waals surface area contributed by atoms with E-state index in [9.17, 15) is 0 Å². The molecule has 0 unspecified atom stereocenters. The van der Waals surface area contributed by atoms with Crippen LogP contribution in [0.25, 0.3) is 9.75 Å². The topological polar surface area (TPSA) is 0 Å². The van der Waals surface area contributed by atoms with Crippen molar-refractivity contribution in [2.75, 3.05) is 0 Å². The molecule has 3 heterocycles. The van der Waals surface area contributed by atoms with E-state index in [-0.39, 0.29) is 0 Å². The SMILES string of the molecule is CC[Si]1(CC)c2cc([Si](C)(C)C)sc2-c2sc([Si](C)(C)C)cc2[Si]1(CC)CC. The van der Waals surface area contributed by atoms with Gasteiger partial charge in [0, 0.05) is 9.75 Å². The number of hydrogen-bond donors (Lipinski definition) is 0. The lowest BCUT2D eigenvalue weighted by Crippen LogP contribution is -2.76. The van der Waals surface area contributed by atoms with E-state index in [1.807, 2.05) is 10.4 Å². The van der Waals surface area contributed by atoms with Gasteiger partial charge in [-0.15, -0.1) is 22.7 Å². The third-order valence-corrected chi connectivity index (χ3v) is 38.3.